The zero-order chi connectivity index (χ0) is 17.7. The number of anilines is 1. The highest BCUT2D eigenvalue weighted by Gasteiger charge is 2.19. The van der Waals surface area contributed by atoms with Crippen molar-refractivity contribution in [3.8, 4) is 17.2 Å². The molecular weight excluding hydrogens is 334 g/mol. The Morgan fingerprint density at radius 2 is 1.58 bits per heavy atom. The Balaban J connectivity index is 2.45. The van der Waals surface area contributed by atoms with E-state index in [0.717, 1.165) is 0 Å². The zero-order valence-corrected chi connectivity index (χ0v) is 14.4. The van der Waals surface area contributed by atoms with Gasteiger partial charge in [-0.15, -0.1) is 0 Å². The molecule has 24 heavy (non-hydrogen) atoms. The average molecular weight is 353 g/mol. The molecular formula is C16H19NO6S. The van der Waals surface area contributed by atoms with Crippen LogP contribution in [0.5, 0.6) is 17.2 Å². The van der Waals surface area contributed by atoms with Crippen LogP contribution < -0.4 is 18.9 Å². The van der Waals surface area contributed by atoms with Gasteiger partial charge in [-0.2, -0.15) is 0 Å². The molecule has 2 aromatic carbocycles. The zero-order valence-electron chi connectivity index (χ0n) is 13.6. The largest absolute Gasteiger partial charge is 0.497 e. The first kappa shape index (κ1) is 17.9. The molecule has 0 fully saturated rings. The summed E-state index contributed by atoms with van der Waals surface area (Å²) < 4.78 is 43.1. The van der Waals surface area contributed by atoms with Crippen molar-refractivity contribution >= 4 is 15.7 Å². The Hall–Kier alpha value is -2.45. The molecule has 2 aromatic rings. The van der Waals surface area contributed by atoms with E-state index in [1.54, 1.807) is 18.2 Å². The predicted octanol–water partition coefficient (Wildman–Crippen LogP) is 2.01. The van der Waals surface area contributed by atoms with Crippen molar-refractivity contribution in [3.63, 3.8) is 0 Å². The van der Waals surface area contributed by atoms with Gasteiger partial charge in [0.25, 0.3) is 10.0 Å². The van der Waals surface area contributed by atoms with Crippen molar-refractivity contribution < 1.29 is 27.7 Å². The second-order valence-corrected chi connectivity index (χ2v) is 6.53. The number of nitrogens with one attached hydrogen (secondary N) is 1. The molecule has 0 heterocycles. The minimum Gasteiger partial charge on any atom is -0.497 e. The highest BCUT2D eigenvalue weighted by molar-refractivity contribution is 7.92. The monoisotopic (exact) mass is 353 g/mol. The van der Waals surface area contributed by atoms with Gasteiger partial charge in [0.2, 0.25) is 0 Å². The minimum absolute atomic E-state index is 0.0184. The predicted molar refractivity (Wildman–Crippen MR) is 89.3 cm³/mol. The van der Waals surface area contributed by atoms with Crippen LogP contribution in [0.15, 0.2) is 41.3 Å². The first-order valence-corrected chi connectivity index (χ1v) is 8.45. The molecule has 7 nitrogen and oxygen atoms in total. The third-order valence-electron chi connectivity index (χ3n) is 3.33. The summed E-state index contributed by atoms with van der Waals surface area (Å²) >= 11 is 0. The molecule has 0 radical (unpaired) electrons. The number of ether oxygens (including phenoxy) is 3. The highest BCUT2D eigenvalue weighted by atomic mass is 32.2. The molecule has 0 aliphatic rings. The fourth-order valence-electron chi connectivity index (χ4n) is 2.07. The van der Waals surface area contributed by atoms with E-state index in [9.17, 15) is 13.5 Å². The Morgan fingerprint density at radius 3 is 2.08 bits per heavy atom. The van der Waals surface area contributed by atoms with Crippen LogP contribution in [-0.4, -0.2) is 34.9 Å². The number of sulfonamides is 1. The first-order valence-electron chi connectivity index (χ1n) is 6.97. The van der Waals surface area contributed by atoms with Gasteiger partial charge in [-0.25, -0.2) is 8.42 Å². The molecule has 0 aliphatic carbocycles. The lowest BCUT2D eigenvalue weighted by atomic mass is 10.2. The number of aliphatic hydroxyl groups is 1. The normalized spacial score (nSPS) is 11.0. The van der Waals surface area contributed by atoms with E-state index in [2.05, 4.69) is 4.72 Å². The summed E-state index contributed by atoms with van der Waals surface area (Å²) in [6.07, 6.45) is 0. The molecule has 0 bridgehead atoms. The van der Waals surface area contributed by atoms with Crippen LogP contribution in [0.1, 0.15) is 5.56 Å². The quantitative estimate of drug-likeness (QED) is 0.791. The fourth-order valence-corrected chi connectivity index (χ4v) is 3.18. The maximum Gasteiger partial charge on any atom is 0.262 e. The van der Waals surface area contributed by atoms with Gasteiger partial charge in [-0.3, -0.25) is 4.72 Å². The molecule has 0 amide bonds. The molecule has 0 spiro atoms. The van der Waals surface area contributed by atoms with Crippen LogP contribution in [0.25, 0.3) is 0 Å². The summed E-state index contributed by atoms with van der Waals surface area (Å²) in [5.74, 6) is 1.04. The Kier molecular flexibility index (Phi) is 5.53. The average Bonchev–Trinajstić information content (AvgIpc) is 2.60. The van der Waals surface area contributed by atoms with Gasteiger partial charge in [0.15, 0.2) is 0 Å². The highest BCUT2D eigenvalue weighted by Crippen LogP contribution is 2.30. The number of methoxy groups -OCH3 is 3. The smallest absolute Gasteiger partial charge is 0.262 e. The Labute approximate surface area is 140 Å². The van der Waals surface area contributed by atoms with Gasteiger partial charge in [0, 0.05) is 18.2 Å². The van der Waals surface area contributed by atoms with E-state index in [4.69, 9.17) is 14.2 Å². The second kappa shape index (κ2) is 7.41. The lowest BCUT2D eigenvalue weighted by Crippen LogP contribution is -2.14. The molecule has 0 saturated carbocycles. The molecule has 0 unspecified atom stereocenters. The summed E-state index contributed by atoms with van der Waals surface area (Å²) in [5.41, 5.74) is 0.780. The summed E-state index contributed by atoms with van der Waals surface area (Å²) in [4.78, 5) is -0.0184. The lowest BCUT2D eigenvalue weighted by Gasteiger charge is -2.14. The van der Waals surface area contributed by atoms with Crippen LogP contribution in [0.3, 0.4) is 0 Å². The molecule has 0 aliphatic heterocycles. The van der Waals surface area contributed by atoms with Crippen molar-refractivity contribution in [2.75, 3.05) is 26.1 Å². The van der Waals surface area contributed by atoms with E-state index < -0.39 is 10.0 Å². The number of hydrogen-bond acceptors (Lipinski definition) is 6. The third kappa shape index (κ3) is 3.90. The maximum absolute atomic E-state index is 12.7. The van der Waals surface area contributed by atoms with Gasteiger partial charge in [0.1, 0.15) is 17.2 Å². The summed E-state index contributed by atoms with van der Waals surface area (Å²) in [6, 6.07) is 9.07. The van der Waals surface area contributed by atoms with Crippen LogP contribution in [-0.2, 0) is 16.6 Å². The van der Waals surface area contributed by atoms with Gasteiger partial charge in [-0.1, -0.05) is 6.07 Å². The molecule has 130 valence electrons. The van der Waals surface area contributed by atoms with Gasteiger partial charge in [0.05, 0.1) is 38.5 Å². The van der Waals surface area contributed by atoms with E-state index in [-0.39, 0.29) is 17.2 Å². The first-order chi connectivity index (χ1) is 11.4. The van der Waals surface area contributed by atoms with Crippen molar-refractivity contribution in [1.82, 2.24) is 0 Å². The van der Waals surface area contributed by atoms with Crippen LogP contribution in [0, 0.1) is 0 Å². The number of hydrogen-bond donors (Lipinski definition) is 2. The number of rotatable bonds is 7. The van der Waals surface area contributed by atoms with E-state index in [1.165, 1.54) is 39.5 Å². The van der Waals surface area contributed by atoms with Crippen molar-refractivity contribution in [3.05, 3.63) is 42.0 Å². The SMILES string of the molecule is COc1cc(OC)cc(S(=O)(=O)Nc2cc(CO)ccc2OC)c1. The second-order valence-electron chi connectivity index (χ2n) is 4.85. The molecule has 2 rings (SSSR count). The summed E-state index contributed by atoms with van der Waals surface area (Å²) in [7, 11) is 0.397. The molecule has 0 atom stereocenters. The van der Waals surface area contributed by atoms with Crippen molar-refractivity contribution in [1.29, 1.82) is 0 Å². The van der Waals surface area contributed by atoms with E-state index in [1.807, 2.05) is 0 Å². The number of benzene rings is 2. The Bertz CT molecular complexity index is 797. The van der Waals surface area contributed by atoms with Gasteiger partial charge in [-0.05, 0) is 17.7 Å². The minimum atomic E-state index is -3.91. The standard InChI is InChI=1S/C16H19NO6S/c1-21-12-7-13(22-2)9-14(8-12)24(19,20)17-15-6-11(10-18)4-5-16(15)23-3/h4-9,17-18H,10H2,1-3H3. The van der Waals surface area contributed by atoms with Crippen molar-refractivity contribution in [2.45, 2.75) is 11.5 Å². The molecule has 2 N–H and O–H groups in total. The topological polar surface area (TPSA) is 94.1 Å². The molecule has 0 saturated heterocycles. The van der Waals surface area contributed by atoms with E-state index >= 15 is 0 Å². The van der Waals surface area contributed by atoms with Gasteiger partial charge >= 0.3 is 0 Å². The van der Waals surface area contributed by atoms with Crippen LogP contribution in [0.2, 0.25) is 0 Å². The molecule has 8 heteroatoms. The molecule has 0 aromatic heterocycles. The maximum atomic E-state index is 12.7. The third-order valence-corrected chi connectivity index (χ3v) is 4.67. The Morgan fingerprint density at radius 1 is 0.958 bits per heavy atom. The summed E-state index contributed by atoms with van der Waals surface area (Å²) in [6.45, 7) is -0.217. The van der Waals surface area contributed by atoms with Crippen molar-refractivity contribution in [2.24, 2.45) is 0 Å². The van der Waals surface area contributed by atoms with Crippen LogP contribution in [0.4, 0.5) is 5.69 Å². The fraction of sp³-hybridized carbons (Fsp3) is 0.250. The summed E-state index contributed by atoms with van der Waals surface area (Å²) in [5, 5.41) is 9.23. The lowest BCUT2D eigenvalue weighted by molar-refractivity contribution is 0.281. The van der Waals surface area contributed by atoms with Gasteiger partial charge < -0.3 is 19.3 Å². The number of aliphatic hydroxyl groups excluding tert-OH is 1. The van der Waals surface area contributed by atoms with E-state index in [0.29, 0.717) is 22.8 Å². The van der Waals surface area contributed by atoms with Crippen LogP contribution >= 0.6 is 0 Å².